The highest BCUT2D eigenvalue weighted by molar-refractivity contribution is 9.10. The van der Waals surface area contributed by atoms with Gasteiger partial charge < -0.3 is 14.8 Å². The van der Waals surface area contributed by atoms with Crippen molar-refractivity contribution < 1.29 is 19.1 Å². The van der Waals surface area contributed by atoms with E-state index in [0.29, 0.717) is 15.2 Å². The Bertz CT molecular complexity index is 524. The lowest BCUT2D eigenvalue weighted by atomic mass is 10.2. The smallest absolute Gasteiger partial charge is 0.344 e. The number of carbonyl (C=O) groups excluding carboxylic acids is 2. The molecule has 1 atom stereocenters. The third-order valence-electron chi connectivity index (χ3n) is 2.73. The topological polar surface area (TPSA) is 64.6 Å². The number of esters is 1. The summed E-state index contributed by atoms with van der Waals surface area (Å²) in [6.07, 6.45) is 1.86. The molecule has 0 aliphatic carbocycles. The number of rotatable bonds is 8. The average Bonchev–Trinajstić information content (AvgIpc) is 2.44. The van der Waals surface area contributed by atoms with Gasteiger partial charge in [-0.2, -0.15) is 0 Å². The molecule has 122 valence electrons. The van der Waals surface area contributed by atoms with E-state index in [9.17, 15) is 9.59 Å². The highest BCUT2D eigenvalue weighted by atomic mass is 79.9. The molecule has 5 nitrogen and oxygen atoms in total. The maximum Gasteiger partial charge on any atom is 0.344 e. The third-order valence-corrected chi connectivity index (χ3v) is 3.59. The largest absolute Gasteiger partial charge is 0.481 e. The van der Waals surface area contributed by atoms with Crippen LogP contribution in [0, 0.1) is 0 Å². The maximum atomic E-state index is 11.5. The lowest BCUT2D eigenvalue weighted by molar-refractivity contribution is -0.150. The molecule has 1 rings (SSSR count). The second-order valence-corrected chi connectivity index (χ2v) is 6.07. The molecular formula is C15H19BrClNO4. The average molecular weight is 393 g/mol. The summed E-state index contributed by atoms with van der Waals surface area (Å²) in [6.45, 7) is 3.36. The van der Waals surface area contributed by atoms with Crippen molar-refractivity contribution in [3.63, 3.8) is 0 Å². The van der Waals surface area contributed by atoms with Crippen molar-refractivity contribution in [3.8, 4) is 5.75 Å². The van der Waals surface area contributed by atoms with Gasteiger partial charge in [0, 0.05) is 11.1 Å². The molecule has 1 aromatic rings. The monoisotopic (exact) mass is 391 g/mol. The molecule has 7 heteroatoms. The molecule has 0 heterocycles. The molecule has 0 aliphatic rings. The lowest BCUT2D eigenvalue weighted by Crippen LogP contribution is -2.36. The summed E-state index contributed by atoms with van der Waals surface area (Å²) in [6, 6.07) is 5.01. The number of carbonyl (C=O) groups is 2. The van der Waals surface area contributed by atoms with Crippen molar-refractivity contribution in [2.45, 2.75) is 32.7 Å². The van der Waals surface area contributed by atoms with E-state index in [1.165, 1.54) is 0 Å². The zero-order valence-corrected chi connectivity index (χ0v) is 14.9. The van der Waals surface area contributed by atoms with Crippen LogP contribution in [0.25, 0.3) is 0 Å². The Balaban J connectivity index is 2.30. The summed E-state index contributed by atoms with van der Waals surface area (Å²) in [5.41, 5.74) is 0. The van der Waals surface area contributed by atoms with Gasteiger partial charge in [-0.15, -0.1) is 0 Å². The van der Waals surface area contributed by atoms with E-state index in [2.05, 4.69) is 21.2 Å². The van der Waals surface area contributed by atoms with Crippen LogP contribution in [0.15, 0.2) is 22.7 Å². The van der Waals surface area contributed by atoms with E-state index in [0.717, 1.165) is 12.8 Å². The van der Waals surface area contributed by atoms with Crippen molar-refractivity contribution >= 4 is 39.4 Å². The number of hydrogen-bond donors (Lipinski definition) is 1. The Morgan fingerprint density at radius 2 is 2.09 bits per heavy atom. The van der Waals surface area contributed by atoms with Crippen molar-refractivity contribution in [2.24, 2.45) is 0 Å². The standard InChI is InChI=1S/C15H19BrClNO4/c1-3-4-10(2)18-14(19)8-22-15(20)9-21-13-6-5-11(17)7-12(13)16/h5-7,10H,3-4,8-9H2,1-2H3,(H,18,19)/t10-/m1/s1. The van der Waals surface area contributed by atoms with Crippen LogP contribution in [-0.2, 0) is 14.3 Å². The van der Waals surface area contributed by atoms with Crippen molar-refractivity contribution in [3.05, 3.63) is 27.7 Å². The first-order valence-electron chi connectivity index (χ1n) is 6.95. The molecule has 0 unspecified atom stereocenters. The minimum Gasteiger partial charge on any atom is -0.481 e. The van der Waals surface area contributed by atoms with E-state index in [1.54, 1.807) is 18.2 Å². The van der Waals surface area contributed by atoms with Gasteiger partial charge in [0.05, 0.1) is 4.47 Å². The zero-order valence-electron chi connectivity index (χ0n) is 12.5. The van der Waals surface area contributed by atoms with Gasteiger partial charge in [-0.3, -0.25) is 4.79 Å². The summed E-state index contributed by atoms with van der Waals surface area (Å²) in [5, 5.41) is 3.30. The maximum absolute atomic E-state index is 11.5. The third kappa shape index (κ3) is 7.13. The molecule has 0 saturated carbocycles. The van der Waals surface area contributed by atoms with E-state index < -0.39 is 5.97 Å². The predicted octanol–water partition coefficient (Wildman–Crippen LogP) is 3.33. The van der Waals surface area contributed by atoms with Gasteiger partial charge in [0.2, 0.25) is 0 Å². The van der Waals surface area contributed by atoms with Crippen LogP contribution in [0.2, 0.25) is 5.02 Å². The second kappa shape index (κ2) is 9.69. The Hall–Kier alpha value is -1.27. The number of nitrogens with one attached hydrogen (secondary N) is 1. The Morgan fingerprint density at radius 1 is 1.36 bits per heavy atom. The van der Waals surface area contributed by atoms with Gasteiger partial charge in [-0.05, 0) is 47.5 Å². The van der Waals surface area contributed by atoms with Gasteiger partial charge in [0.1, 0.15) is 5.75 Å². The highest BCUT2D eigenvalue weighted by Gasteiger charge is 2.11. The number of hydrogen-bond acceptors (Lipinski definition) is 4. The zero-order chi connectivity index (χ0) is 16.5. The van der Waals surface area contributed by atoms with Crippen molar-refractivity contribution in [1.29, 1.82) is 0 Å². The predicted molar refractivity (Wildman–Crippen MR) is 88.1 cm³/mol. The number of amides is 1. The van der Waals surface area contributed by atoms with E-state index in [1.807, 2.05) is 13.8 Å². The number of halogens is 2. The Labute approximate surface area is 143 Å². The van der Waals surface area contributed by atoms with Crippen molar-refractivity contribution in [2.75, 3.05) is 13.2 Å². The van der Waals surface area contributed by atoms with E-state index in [4.69, 9.17) is 21.1 Å². The lowest BCUT2D eigenvalue weighted by Gasteiger charge is -2.13. The van der Waals surface area contributed by atoms with Crippen LogP contribution >= 0.6 is 27.5 Å². The SMILES string of the molecule is CCC[C@@H](C)NC(=O)COC(=O)COc1ccc(Cl)cc1Br. The Morgan fingerprint density at radius 3 is 2.73 bits per heavy atom. The molecule has 1 N–H and O–H groups in total. The van der Waals surface area contributed by atoms with Crippen LogP contribution in [0.3, 0.4) is 0 Å². The van der Waals surface area contributed by atoms with Gasteiger partial charge >= 0.3 is 5.97 Å². The van der Waals surface area contributed by atoms with Gasteiger partial charge in [-0.1, -0.05) is 24.9 Å². The van der Waals surface area contributed by atoms with E-state index in [-0.39, 0.29) is 25.2 Å². The van der Waals surface area contributed by atoms with Gasteiger partial charge in [0.15, 0.2) is 13.2 Å². The summed E-state index contributed by atoms with van der Waals surface area (Å²) >= 11 is 9.08. The molecule has 0 spiro atoms. The minimum atomic E-state index is -0.611. The number of ether oxygens (including phenoxy) is 2. The fraction of sp³-hybridized carbons (Fsp3) is 0.467. The molecule has 0 saturated heterocycles. The summed E-state index contributed by atoms with van der Waals surface area (Å²) in [7, 11) is 0. The molecule has 0 radical (unpaired) electrons. The van der Waals surface area contributed by atoms with Crippen LogP contribution in [-0.4, -0.2) is 31.1 Å². The summed E-state index contributed by atoms with van der Waals surface area (Å²) < 4.78 is 10.8. The molecule has 0 aliphatic heterocycles. The first-order chi connectivity index (χ1) is 10.4. The van der Waals surface area contributed by atoms with Crippen LogP contribution in [0.4, 0.5) is 0 Å². The van der Waals surface area contributed by atoms with Crippen LogP contribution in [0.5, 0.6) is 5.75 Å². The van der Waals surface area contributed by atoms with Crippen LogP contribution in [0.1, 0.15) is 26.7 Å². The number of benzene rings is 1. The fourth-order valence-corrected chi connectivity index (χ4v) is 2.54. The highest BCUT2D eigenvalue weighted by Crippen LogP contribution is 2.27. The fourth-order valence-electron chi connectivity index (χ4n) is 1.74. The second-order valence-electron chi connectivity index (χ2n) is 4.78. The first kappa shape index (κ1) is 18.8. The Kier molecular flexibility index (Phi) is 8.27. The molecule has 0 fully saturated rings. The normalized spacial score (nSPS) is 11.6. The summed E-state index contributed by atoms with van der Waals surface area (Å²) in [5.74, 6) is -0.454. The van der Waals surface area contributed by atoms with Crippen molar-refractivity contribution in [1.82, 2.24) is 5.32 Å². The molecular weight excluding hydrogens is 374 g/mol. The minimum absolute atomic E-state index is 0.0671. The van der Waals surface area contributed by atoms with Crippen LogP contribution < -0.4 is 10.1 Å². The van der Waals surface area contributed by atoms with Gasteiger partial charge in [-0.25, -0.2) is 4.79 Å². The molecule has 22 heavy (non-hydrogen) atoms. The summed E-state index contributed by atoms with van der Waals surface area (Å²) in [4.78, 5) is 23.1. The molecule has 0 bridgehead atoms. The van der Waals surface area contributed by atoms with E-state index >= 15 is 0 Å². The van der Waals surface area contributed by atoms with Gasteiger partial charge in [0.25, 0.3) is 5.91 Å². The first-order valence-corrected chi connectivity index (χ1v) is 8.12. The molecule has 1 aromatic carbocycles. The quantitative estimate of drug-likeness (QED) is 0.689. The molecule has 1 amide bonds. The molecule has 0 aromatic heterocycles.